The maximum atomic E-state index is 12.6. The van der Waals surface area contributed by atoms with Gasteiger partial charge >= 0.3 is 5.97 Å². The van der Waals surface area contributed by atoms with E-state index in [4.69, 9.17) is 9.47 Å². The molecular formula is C19H16N2O5S2. The van der Waals surface area contributed by atoms with Crippen LogP contribution in [0.4, 0.5) is 5.69 Å². The smallest absolute Gasteiger partial charge is 0.360 e. The summed E-state index contributed by atoms with van der Waals surface area (Å²) in [4.78, 5) is 26.1. The van der Waals surface area contributed by atoms with Crippen LogP contribution in [0.3, 0.4) is 0 Å². The van der Waals surface area contributed by atoms with Gasteiger partial charge in [-0.1, -0.05) is 18.2 Å². The minimum Gasteiger partial charge on any atom is -0.493 e. The zero-order chi connectivity index (χ0) is 19.7. The Kier molecular flexibility index (Phi) is 5.19. The van der Waals surface area contributed by atoms with Crippen molar-refractivity contribution < 1.29 is 19.2 Å². The number of aromatic nitrogens is 1. The number of H-pyrrole nitrogens is 1. The Bertz CT molecular complexity index is 1060. The van der Waals surface area contributed by atoms with Gasteiger partial charge in [0.15, 0.2) is 11.5 Å². The Hall–Kier alpha value is -2.65. The number of nitrogens with zero attached hydrogens (tertiary/aromatic N) is 1. The average molecular weight is 416 g/mol. The van der Waals surface area contributed by atoms with Crippen LogP contribution in [0.15, 0.2) is 42.5 Å². The number of nitro groups is 1. The molecule has 0 bridgehead atoms. The highest BCUT2D eigenvalue weighted by Crippen LogP contribution is 2.47. The van der Waals surface area contributed by atoms with Crippen LogP contribution >= 0.6 is 23.5 Å². The van der Waals surface area contributed by atoms with Gasteiger partial charge in [-0.05, 0) is 23.8 Å². The number of thioether (sulfide) groups is 2. The van der Waals surface area contributed by atoms with E-state index in [1.807, 2.05) is 35.7 Å². The molecule has 0 aliphatic carbocycles. The van der Waals surface area contributed by atoms with Crippen LogP contribution < -0.4 is 9.47 Å². The van der Waals surface area contributed by atoms with Crippen LogP contribution in [0.2, 0.25) is 0 Å². The molecule has 2 aromatic carbocycles. The van der Waals surface area contributed by atoms with Gasteiger partial charge in [-0.15, -0.1) is 23.5 Å². The number of benzene rings is 2. The summed E-state index contributed by atoms with van der Waals surface area (Å²) < 4.78 is 11.2. The number of carbonyl (C=O) groups is 1. The molecule has 0 unspecified atom stereocenters. The molecule has 0 radical (unpaired) electrons. The molecule has 2 heterocycles. The van der Waals surface area contributed by atoms with E-state index >= 15 is 0 Å². The summed E-state index contributed by atoms with van der Waals surface area (Å²) in [6.07, 6.45) is 0. The van der Waals surface area contributed by atoms with Crippen LogP contribution in [-0.2, 0) is 0 Å². The molecule has 1 aliphatic heterocycles. The predicted octanol–water partition coefficient (Wildman–Crippen LogP) is 4.78. The lowest BCUT2D eigenvalue weighted by Gasteiger charge is -2.13. The average Bonchev–Trinajstić information content (AvgIpc) is 3.37. The second-order valence-electron chi connectivity index (χ2n) is 6.05. The molecule has 28 heavy (non-hydrogen) atoms. The number of carbonyl (C=O) groups excluding carboxylic acids is 1. The van der Waals surface area contributed by atoms with Crippen molar-refractivity contribution in [3.05, 3.63) is 63.8 Å². The molecule has 9 heteroatoms. The number of non-ortho nitro benzene ring substituents is 1. The topological polar surface area (TPSA) is 94.5 Å². The van der Waals surface area contributed by atoms with Crippen LogP contribution in [0.1, 0.15) is 20.6 Å². The fraction of sp³-hybridized carbons (Fsp3) is 0.211. The minimum absolute atomic E-state index is 0.0925. The molecule has 1 aliphatic rings. The summed E-state index contributed by atoms with van der Waals surface area (Å²) in [5.41, 5.74) is 1.45. The van der Waals surface area contributed by atoms with E-state index in [2.05, 4.69) is 4.98 Å². The van der Waals surface area contributed by atoms with Crippen LogP contribution in [-0.4, -0.2) is 34.5 Å². The van der Waals surface area contributed by atoms with Gasteiger partial charge in [0, 0.05) is 23.0 Å². The Morgan fingerprint density at radius 3 is 2.68 bits per heavy atom. The maximum Gasteiger partial charge on any atom is 0.360 e. The van der Waals surface area contributed by atoms with Crippen molar-refractivity contribution in [2.24, 2.45) is 0 Å². The monoisotopic (exact) mass is 416 g/mol. The first kappa shape index (κ1) is 18.7. The van der Waals surface area contributed by atoms with Gasteiger partial charge in [0.05, 0.1) is 16.6 Å². The van der Waals surface area contributed by atoms with E-state index in [0.717, 1.165) is 17.1 Å². The molecule has 0 amide bonds. The highest BCUT2D eigenvalue weighted by Gasteiger charge is 2.22. The molecule has 144 valence electrons. The molecule has 1 fully saturated rings. The van der Waals surface area contributed by atoms with E-state index in [9.17, 15) is 14.9 Å². The number of hydrogen-bond donors (Lipinski definition) is 1. The number of esters is 1. The third kappa shape index (κ3) is 3.55. The number of methoxy groups -OCH3 is 1. The fourth-order valence-corrected chi connectivity index (χ4v) is 5.86. The SMILES string of the molecule is COc1cc(C2SCCS2)ccc1OC(=O)c1cc2cccc([N+](=O)[O-])c2[nH]1. The number of hydrogen-bond acceptors (Lipinski definition) is 7. The quantitative estimate of drug-likeness (QED) is 0.277. The van der Waals surface area contributed by atoms with E-state index in [1.54, 1.807) is 18.2 Å². The van der Waals surface area contributed by atoms with Crippen molar-refractivity contribution in [2.75, 3.05) is 18.6 Å². The van der Waals surface area contributed by atoms with Crippen molar-refractivity contribution in [1.82, 2.24) is 4.98 Å². The lowest BCUT2D eigenvalue weighted by Crippen LogP contribution is -2.09. The third-order valence-electron chi connectivity index (χ3n) is 4.34. The highest BCUT2D eigenvalue weighted by molar-refractivity contribution is 8.19. The third-order valence-corrected chi connectivity index (χ3v) is 7.44. The Morgan fingerprint density at radius 2 is 1.96 bits per heavy atom. The maximum absolute atomic E-state index is 12.6. The molecule has 1 aromatic heterocycles. The van der Waals surface area contributed by atoms with Crippen molar-refractivity contribution in [3.63, 3.8) is 0 Å². The molecule has 0 atom stereocenters. The van der Waals surface area contributed by atoms with Crippen molar-refractivity contribution in [1.29, 1.82) is 0 Å². The Morgan fingerprint density at radius 1 is 1.18 bits per heavy atom. The first-order valence-electron chi connectivity index (χ1n) is 8.46. The molecule has 0 saturated carbocycles. The molecule has 7 nitrogen and oxygen atoms in total. The van der Waals surface area contributed by atoms with E-state index in [-0.39, 0.29) is 16.9 Å². The van der Waals surface area contributed by atoms with Gasteiger partial charge in [-0.25, -0.2) is 4.79 Å². The summed E-state index contributed by atoms with van der Waals surface area (Å²) in [6, 6.07) is 11.7. The molecule has 1 N–H and O–H groups in total. The van der Waals surface area contributed by atoms with Gasteiger partial charge < -0.3 is 14.5 Å². The predicted molar refractivity (Wildman–Crippen MR) is 111 cm³/mol. The van der Waals surface area contributed by atoms with Crippen molar-refractivity contribution >= 4 is 46.1 Å². The summed E-state index contributed by atoms with van der Waals surface area (Å²) in [5.74, 6) is 2.36. The van der Waals surface area contributed by atoms with Gasteiger partial charge in [-0.3, -0.25) is 10.1 Å². The number of nitro benzene ring substituents is 1. The lowest BCUT2D eigenvalue weighted by molar-refractivity contribution is -0.383. The van der Waals surface area contributed by atoms with Crippen molar-refractivity contribution in [2.45, 2.75) is 4.58 Å². The second kappa shape index (κ2) is 7.76. The number of para-hydroxylation sites is 1. The van der Waals surface area contributed by atoms with Gasteiger partial charge in [0.1, 0.15) is 11.2 Å². The highest BCUT2D eigenvalue weighted by atomic mass is 32.2. The first-order chi connectivity index (χ1) is 13.6. The zero-order valence-electron chi connectivity index (χ0n) is 14.8. The van der Waals surface area contributed by atoms with Crippen LogP contribution in [0.25, 0.3) is 10.9 Å². The second-order valence-corrected chi connectivity index (χ2v) is 8.78. The van der Waals surface area contributed by atoms with E-state index in [1.165, 1.54) is 19.2 Å². The molecule has 3 aromatic rings. The van der Waals surface area contributed by atoms with Crippen molar-refractivity contribution in [3.8, 4) is 11.5 Å². The number of fused-ring (bicyclic) bond motifs is 1. The van der Waals surface area contributed by atoms with Gasteiger partial charge in [0.2, 0.25) is 0 Å². The largest absolute Gasteiger partial charge is 0.493 e. The normalized spacial score (nSPS) is 14.3. The summed E-state index contributed by atoms with van der Waals surface area (Å²) in [7, 11) is 1.53. The number of ether oxygens (including phenoxy) is 2. The molecular weight excluding hydrogens is 400 g/mol. The zero-order valence-corrected chi connectivity index (χ0v) is 16.5. The summed E-state index contributed by atoms with van der Waals surface area (Å²) >= 11 is 3.75. The molecule has 1 saturated heterocycles. The number of aromatic amines is 1. The Labute approximate surface area is 168 Å². The van der Waals surface area contributed by atoms with E-state index in [0.29, 0.717) is 21.5 Å². The fourth-order valence-electron chi connectivity index (χ4n) is 3.02. The van der Waals surface area contributed by atoms with E-state index < -0.39 is 10.9 Å². The first-order valence-corrected chi connectivity index (χ1v) is 10.6. The standard InChI is InChI=1S/C19H16N2O5S2/c1-25-16-10-12(19-27-7-8-28-19)5-6-15(16)26-18(22)13-9-11-3-2-4-14(21(23)24)17(11)20-13/h2-6,9-10,19-20H,7-8H2,1H3. The lowest BCUT2D eigenvalue weighted by atomic mass is 10.2. The van der Waals surface area contributed by atoms with Gasteiger partial charge in [0.25, 0.3) is 5.69 Å². The van der Waals surface area contributed by atoms with Gasteiger partial charge in [-0.2, -0.15) is 0 Å². The molecule has 0 spiro atoms. The minimum atomic E-state index is -0.638. The summed E-state index contributed by atoms with van der Waals surface area (Å²) in [6.45, 7) is 0. The molecule has 4 rings (SSSR count). The summed E-state index contributed by atoms with van der Waals surface area (Å²) in [5, 5.41) is 11.7. The number of nitrogens with one attached hydrogen (secondary N) is 1. The van der Waals surface area contributed by atoms with Crippen LogP contribution in [0, 0.1) is 10.1 Å². The Balaban J connectivity index is 1.60. The number of rotatable bonds is 5. The van der Waals surface area contributed by atoms with Crippen LogP contribution in [0.5, 0.6) is 11.5 Å².